The maximum Gasteiger partial charge on any atom is 0.0595 e. The summed E-state index contributed by atoms with van der Waals surface area (Å²) in [6.07, 6.45) is 2.37. The topological polar surface area (TPSA) is 24.1 Å². The van der Waals surface area contributed by atoms with Gasteiger partial charge in [0.2, 0.25) is 0 Å². The van der Waals surface area contributed by atoms with Crippen LogP contribution >= 0.6 is 23.2 Å². The number of piperidine rings is 1. The first-order valence-electron chi connectivity index (χ1n) is 6.08. The van der Waals surface area contributed by atoms with Gasteiger partial charge in [-0.3, -0.25) is 0 Å². The molecule has 1 saturated heterocycles. The van der Waals surface area contributed by atoms with Crippen molar-refractivity contribution in [1.29, 1.82) is 0 Å². The Kier molecular flexibility index (Phi) is 4.69. The molecule has 0 aliphatic carbocycles. The smallest absolute Gasteiger partial charge is 0.0595 e. The van der Waals surface area contributed by atoms with Crippen molar-refractivity contribution in [3.8, 4) is 0 Å². The second-order valence-electron chi connectivity index (χ2n) is 4.59. The van der Waals surface area contributed by atoms with Crippen molar-refractivity contribution in [3.05, 3.63) is 33.8 Å². The van der Waals surface area contributed by atoms with E-state index in [2.05, 4.69) is 17.6 Å². The average Bonchev–Trinajstić information content (AvgIpc) is 2.34. The average molecular weight is 273 g/mol. The zero-order valence-corrected chi connectivity index (χ0v) is 11.5. The van der Waals surface area contributed by atoms with Crippen molar-refractivity contribution >= 4 is 23.2 Å². The van der Waals surface area contributed by atoms with Crippen LogP contribution in [0.15, 0.2) is 18.2 Å². The summed E-state index contributed by atoms with van der Waals surface area (Å²) in [6, 6.07) is 6.75. The van der Waals surface area contributed by atoms with E-state index in [0.29, 0.717) is 22.1 Å². The third-order valence-corrected chi connectivity index (χ3v) is 4.01. The summed E-state index contributed by atoms with van der Waals surface area (Å²) >= 11 is 11.9. The van der Waals surface area contributed by atoms with E-state index >= 15 is 0 Å². The van der Waals surface area contributed by atoms with Crippen LogP contribution in [0.2, 0.25) is 10.0 Å². The standard InChI is InChI=1S/C13H18Cl2N2/c1-9(17-11-4-6-16-7-5-11)10-2-3-12(14)13(15)8-10/h2-3,8-9,11,16-17H,4-7H2,1H3. The van der Waals surface area contributed by atoms with E-state index in [1.807, 2.05) is 18.2 Å². The first kappa shape index (κ1) is 13.2. The number of rotatable bonds is 3. The lowest BCUT2D eigenvalue weighted by molar-refractivity contribution is 0.359. The SMILES string of the molecule is CC(NC1CCNCC1)c1ccc(Cl)c(Cl)c1. The fourth-order valence-electron chi connectivity index (χ4n) is 2.22. The van der Waals surface area contributed by atoms with Gasteiger partial charge >= 0.3 is 0 Å². The lowest BCUT2D eigenvalue weighted by Gasteiger charge is -2.27. The molecular formula is C13H18Cl2N2. The maximum absolute atomic E-state index is 6.03. The van der Waals surface area contributed by atoms with Crippen molar-refractivity contribution in [2.45, 2.75) is 31.8 Å². The van der Waals surface area contributed by atoms with Gasteiger partial charge in [0.05, 0.1) is 10.0 Å². The molecule has 0 radical (unpaired) electrons. The highest BCUT2D eigenvalue weighted by molar-refractivity contribution is 6.42. The molecule has 0 aromatic heterocycles. The Morgan fingerprint density at radius 3 is 2.59 bits per heavy atom. The van der Waals surface area contributed by atoms with Crippen molar-refractivity contribution in [3.63, 3.8) is 0 Å². The van der Waals surface area contributed by atoms with Crippen LogP contribution in [0, 0.1) is 0 Å². The molecule has 0 amide bonds. The van der Waals surface area contributed by atoms with Gasteiger partial charge in [0.1, 0.15) is 0 Å². The van der Waals surface area contributed by atoms with E-state index in [1.54, 1.807) is 0 Å². The van der Waals surface area contributed by atoms with Gasteiger partial charge in [-0.15, -0.1) is 0 Å². The minimum Gasteiger partial charge on any atom is -0.317 e. The molecule has 1 aromatic rings. The van der Waals surface area contributed by atoms with Crippen LogP contribution in [0.4, 0.5) is 0 Å². The monoisotopic (exact) mass is 272 g/mol. The predicted molar refractivity (Wildman–Crippen MR) is 73.9 cm³/mol. The quantitative estimate of drug-likeness (QED) is 0.882. The second-order valence-corrected chi connectivity index (χ2v) is 5.40. The van der Waals surface area contributed by atoms with Gasteiger partial charge in [-0.05, 0) is 50.6 Å². The summed E-state index contributed by atoms with van der Waals surface area (Å²) in [5.74, 6) is 0. The van der Waals surface area contributed by atoms with E-state index in [0.717, 1.165) is 13.1 Å². The molecular weight excluding hydrogens is 255 g/mol. The molecule has 1 unspecified atom stereocenters. The third-order valence-electron chi connectivity index (χ3n) is 3.27. The molecule has 0 saturated carbocycles. The lowest BCUT2D eigenvalue weighted by atomic mass is 10.0. The summed E-state index contributed by atoms with van der Waals surface area (Å²) in [4.78, 5) is 0. The Hall–Kier alpha value is -0.280. The molecule has 2 rings (SSSR count). The highest BCUT2D eigenvalue weighted by atomic mass is 35.5. The van der Waals surface area contributed by atoms with E-state index in [1.165, 1.54) is 18.4 Å². The van der Waals surface area contributed by atoms with E-state index in [9.17, 15) is 0 Å². The minimum atomic E-state index is 0.313. The Morgan fingerprint density at radius 1 is 1.24 bits per heavy atom. The molecule has 1 atom stereocenters. The van der Waals surface area contributed by atoms with E-state index < -0.39 is 0 Å². The third kappa shape index (κ3) is 3.59. The molecule has 1 aliphatic rings. The van der Waals surface area contributed by atoms with Gasteiger partial charge in [-0.1, -0.05) is 29.3 Å². The normalized spacial score (nSPS) is 19.2. The van der Waals surface area contributed by atoms with Crippen LogP contribution in [0.3, 0.4) is 0 Å². The lowest BCUT2D eigenvalue weighted by Crippen LogP contribution is -2.40. The Morgan fingerprint density at radius 2 is 1.94 bits per heavy atom. The molecule has 0 spiro atoms. The fourth-order valence-corrected chi connectivity index (χ4v) is 2.53. The van der Waals surface area contributed by atoms with Crippen LogP contribution in [0.1, 0.15) is 31.4 Å². The van der Waals surface area contributed by atoms with E-state index in [-0.39, 0.29) is 0 Å². The summed E-state index contributed by atoms with van der Waals surface area (Å²) in [6.45, 7) is 4.37. The largest absolute Gasteiger partial charge is 0.317 e. The van der Waals surface area contributed by atoms with Gasteiger partial charge < -0.3 is 10.6 Å². The van der Waals surface area contributed by atoms with E-state index in [4.69, 9.17) is 23.2 Å². The summed E-state index contributed by atoms with van der Waals surface area (Å²) in [5.41, 5.74) is 1.19. The van der Waals surface area contributed by atoms with Crippen LogP contribution < -0.4 is 10.6 Å². The van der Waals surface area contributed by atoms with Crippen LogP contribution in [0.5, 0.6) is 0 Å². The molecule has 4 heteroatoms. The highest BCUT2D eigenvalue weighted by Gasteiger charge is 2.16. The fraction of sp³-hybridized carbons (Fsp3) is 0.538. The molecule has 94 valence electrons. The number of hydrogen-bond acceptors (Lipinski definition) is 2. The molecule has 0 bridgehead atoms. The van der Waals surface area contributed by atoms with Gasteiger partial charge in [-0.2, -0.15) is 0 Å². The second kappa shape index (κ2) is 6.05. The van der Waals surface area contributed by atoms with Crippen LogP contribution in [-0.2, 0) is 0 Å². The zero-order chi connectivity index (χ0) is 12.3. The van der Waals surface area contributed by atoms with Gasteiger partial charge in [0.15, 0.2) is 0 Å². The van der Waals surface area contributed by atoms with Crippen molar-refractivity contribution in [1.82, 2.24) is 10.6 Å². The first-order chi connectivity index (χ1) is 8.16. The zero-order valence-electron chi connectivity index (χ0n) is 9.97. The molecule has 1 fully saturated rings. The molecule has 1 heterocycles. The number of nitrogens with one attached hydrogen (secondary N) is 2. The Labute approximate surface area is 113 Å². The molecule has 17 heavy (non-hydrogen) atoms. The highest BCUT2D eigenvalue weighted by Crippen LogP contribution is 2.26. The molecule has 2 N–H and O–H groups in total. The first-order valence-corrected chi connectivity index (χ1v) is 6.84. The number of benzene rings is 1. The number of hydrogen-bond donors (Lipinski definition) is 2. The minimum absolute atomic E-state index is 0.313. The molecule has 2 nitrogen and oxygen atoms in total. The van der Waals surface area contributed by atoms with Crippen LogP contribution in [0.25, 0.3) is 0 Å². The summed E-state index contributed by atoms with van der Waals surface area (Å²) < 4.78 is 0. The van der Waals surface area contributed by atoms with Gasteiger partial charge in [0.25, 0.3) is 0 Å². The molecule has 1 aromatic carbocycles. The van der Waals surface area contributed by atoms with Crippen molar-refractivity contribution in [2.75, 3.05) is 13.1 Å². The van der Waals surface area contributed by atoms with Crippen LogP contribution in [-0.4, -0.2) is 19.1 Å². The Bertz CT molecular complexity index is 376. The maximum atomic E-state index is 6.03. The van der Waals surface area contributed by atoms with Gasteiger partial charge in [0, 0.05) is 12.1 Å². The summed E-state index contributed by atoms with van der Waals surface area (Å²) in [7, 11) is 0. The number of halogens is 2. The summed E-state index contributed by atoms with van der Waals surface area (Å²) in [5, 5.41) is 8.25. The Balaban J connectivity index is 1.98. The van der Waals surface area contributed by atoms with Crippen molar-refractivity contribution in [2.24, 2.45) is 0 Å². The predicted octanol–water partition coefficient (Wildman–Crippen LogP) is 3.40. The van der Waals surface area contributed by atoms with Gasteiger partial charge in [-0.25, -0.2) is 0 Å². The molecule has 1 aliphatic heterocycles. The van der Waals surface area contributed by atoms with Crippen molar-refractivity contribution < 1.29 is 0 Å².